The SMILES string of the molecule is Cl.O=C(NCCN1CCOCC1)c1ccc2[nH]c3c(c2c1)CCCc1cn[nH]c1-3. The molecule has 2 aromatic heterocycles. The number of carbonyl (C=O) groups excluding carboxylic acids is 1. The van der Waals surface area contributed by atoms with Gasteiger partial charge in [-0.2, -0.15) is 5.10 Å². The van der Waals surface area contributed by atoms with Crippen LogP contribution in [-0.4, -0.2) is 65.4 Å². The standard InChI is InChI=1S/C21H25N5O2.ClH/c27-21(22-6-7-26-8-10-28-11-9-26)14-4-5-18-17(12-14)16-3-1-2-15-13-23-25-19(15)20(16)24-18;/h4-5,12-13,24H,1-3,6-11H2,(H,22,27)(H,23,25);1H. The summed E-state index contributed by atoms with van der Waals surface area (Å²) >= 11 is 0. The summed E-state index contributed by atoms with van der Waals surface area (Å²) in [6, 6.07) is 5.93. The van der Waals surface area contributed by atoms with E-state index in [1.807, 2.05) is 24.4 Å². The Balaban J connectivity index is 0.00000205. The normalized spacial score (nSPS) is 16.6. The largest absolute Gasteiger partial charge is 0.379 e. The molecule has 1 aliphatic carbocycles. The molecule has 1 aliphatic heterocycles. The number of hydrogen-bond donors (Lipinski definition) is 3. The molecule has 0 spiro atoms. The summed E-state index contributed by atoms with van der Waals surface area (Å²) in [5.74, 6) is -0.0130. The highest BCUT2D eigenvalue weighted by Gasteiger charge is 2.21. The van der Waals surface area contributed by atoms with E-state index in [4.69, 9.17) is 4.74 Å². The van der Waals surface area contributed by atoms with E-state index in [-0.39, 0.29) is 18.3 Å². The number of H-pyrrole nitrogens is 2. The number of aryl methyl sites for hydroxylation is 2. The van der Waals surface area contributed by atoms with Crippen LogP contribution in [0.25, 0.3) is 22.3 Å². The van der Waals surface area contributed by atoms with Crippen molar-refractivity contribution in [3.05, 3.63) is 41.1 Å². The third-order valence-corrected chi connectivity index (χ3v) is 5.83. The third kappa shape index (κ3) is 3.90. The lowest BCUT2D eigenvalue weighted by Crippen LogP contribution is -2.41. The second-order valence-corrected chi connectivity index (χ2v) is 7.57. The first-order chi connectivity index (χ1) is 13.8. The first-order valence-electron chi connectivity index (χ1n) is 10.0. The highest BCUT2D eigenvalue weighted by Crippen LogP contribution is 2.35. The number of hydrogen-bond acceptors (Lipinski definition) is 4. The van der Waals surface area contributed by atoms with E-state index in [1.165, 1.54) is 11.1 Å². The summed E-state index contributed by atoms with van der Waals surface area (Å²) in [5, 5.41) is 11.5. The second-order valence-electron chi connectivity index (χ2n) is 7.57. The Labute approximate surface area is 175 Å². The summed E-state index contributed by atoms with van der Waals surface area (Å²) in [5.41, 5.74) is 6.51. The number of carbonyl (C=O) groups is 1. The maximum absolute atomic E-state index is 12.7. The molecule has 29 heavy (non-hydrogen) atoms. The molecule has 2 aliphatic rings. The maximum atomic E-state index is 12.7. The predicted octanol–water partition coefficient (Wildman–Crippen LogP) is 2.53. The van der Waals surface area contributed by atoms with Crippen molar-refractivity contribution in [2.24, 2.45) is 0 Å². The fraction of sp³-hybridized carbons (Fsp3) is 0.429. The first kappa shape index (κ1) is 19.9. The highest BCUT2D eigenvalue weighted by atomic mass is 35.5. The molecule has 0 saturated carbocycles. The van der Waals surface area contributed by atoms with Crippen LogP contribution in [0.3, 0.4) is 0 Å². The van der Waals surface area contributed by atoms with Gasteiger partial charge in [0.15, 0.2) is 0 Å². The molecule has 5 rings (SSSR count). The predicted molar refractivity (Wildman–Crippen MR) is 115 cm³/mol. The number of rotatable bonds is 4. The van der Waals surface area contributed by atoms with Gasteiger partial charge in [-0.25, -0.2) is 0 Å². The Bertz CT molecular complexity index is 1010. The average molecular weight is 416 g/mol. The quantitative estimate of drug-likeness (QED) is 0.611. The van der Waals surface area contributed by atoms with Crippen LogP contribution in [-0.2, 0) is 17.6 Å². The number of nitrogens with one attached hydrogen (secondary N) is 3. The molecular formula is C21H26ClN5O2. The molecule has 0 radical (unpaired) electrons. The van der Waals surface area contributed by atoms with Crippen molar-refractivity contribution in [3.8, 4) is 11.4 Å². The lowest BCUT2D eigenvalue weighted by molar-refractivity contribution is 0.0383. The van der Waals surface area contributed by atoms with Gasteiger partial charge in [0.05, 0.1) is 30.8 Å². The van der Waals surface area contributed by atoms with E-state index in [2.05, 4.69) is 25.4 Å². The molecule has 1 amide bonds. The fourth-order valence-corrected chi connectivity index (χ4v) is 4.29. The highest BCUT2D eigenvalue weighted by molar-refractivity contribution is 6.00. The van der Waals surface area contributed by atoms with Gasteiger partial charge in [-0.1, -0.05) is 0 Å². The van der Waals surface area contributed by atoms with Crippen LogP contribution < -0.4 is 5.32 Å². The van der Waals surface area contributed by atoms with Gasteiger partial charge in [0.2, 0.25) is 0 Å². The second kappa shape index (κ2) is 8.57. The van der Waals surface area contributed by atoms with Crippen LogP contribution in [0.1, 0.15) is 27.9 Å². The molecule has 1 fully saturated rings. The van der Waals surface area contributed by atoms with E-state index < -0.39 is 0 Å². The molecule has 3 N–H and O–H groups in total. The van der Waals surface area contributed by atoms with Gasteiger partial charge >= 0.3 is 0 Å². The van der Waals surface area contributed by atoms with Gasteiger partial charge in [0.25, 0.3) is 5.91 Å². The van der Waals surface area contributed by atoms with Crippen molar-refractivity contribution in [2.75, 3.05) is 39.4 Å². The minimum atomic E-state index is -0.0130. The molecule has 0 unspecified atom stereocenters. The Morgan fingerprint density at radius 2 is 2.07 bits per heavy atom. The molecule has 3 heterocycles. The zero-order chi connectivity index (χ0) is 18.9. The van der Waals surface area contributed by atoms with E-state index >= 15 is 0 Å². The van der Waals surface area contributed by atoms with Crippen molar-refractivity contribution < 1.29 is 9.53 Å². The van der Waals surface area contributed by atoms with E-state index in [0.29, 0.717) is 12.1 Å². The topological polar surface area (TPSA) is 86.0 Å². The number of ether oxygens (including phenoxy) is 1. The van der Waals surface area contributed by atoms with E-state index in [0.717, 1.165) is 74.4 Å². The van der Waals surface area contributed by atoms with E-state index in [1.54, 1.807) is 0 Å². The van der Waals surface area contributed by atoms with Crippen LogP contribution >= 0.6 is 12.4 Å². The zero-order valence-electron chi connectivity index (χ0n) is 16.3. The van der Waals surface area contributed by atoms with Gasteiger partial charge in [0, 0.05) is 42.6 Å². The van der Waals surface area contributed by atoms with Crippen LogP contribution in [0.5, 0.6) is 0 Å². The third-order valence-electron chi connectivity index (χ3n) is 5.83. The van der Waals surface area contributed by atoms with Crippen LogP contribution in [0.4, 0.5) is 0 Å². The monoisotopic (exact) mass is 415 g/mol. The average Bonchev–Trinajstić information content (AvgIpc) is 3.29. The summed E-state index contributed by atoms with van der Waals surface area (Å²) in [7, 11) is 0. The Morgan fingerprint density at radius 1 is 1.21 bits per heavy atom. The Morgan fingerprint density at radius 3 is 2.93 bits per heavy atom. The molecule has 1 aromatic carbocycles. The molecule has 7 nitrogen and oxygen atoms in total. The zero-order valence-corrected chi connectivity index (χ0v) is 17.1. The number of aromatic amines is 2. The number of aromatic nitrogens is 3. The van der Waals surface area contributed by atoms with Crippen molar-refractivity contribution >= 4 is 29.2 Å². The summed E-state index contributed by atoms with van der Waals surface area (Å²) in [4.78, 5) is 18.5. The van der Waals surface area contributed by atoms with Gasteiger partial charge < -0.3 is 15.0 Å². The first-order valence-corrected chi connectivity index (χ1v) is 10.0. The molecule has 0 bridgehead atoms. The number of halogens is 1. The van der Waals surface area contributed by atoms with Gasteiger partial charge in [-0.15, -0.1) is 12.4 Å². The number of morpholine rings is 1. The molecule has 1 saturated heterocycles. The minimum absolute atomic E-state index is 0. The molecule has 3 aromatic rings. The molecular weight excluding hydrogens is 390 g/mol. The molecule has 154 valence electrons. The number of fused-ring (bicyclic) bond motifs is 5. The Kier molecular flexibility index (Phi) is 5.89. The van der Waals surface area contributed by atoms with Gasteiger partial charge in [0.1, 0.15) is 0 Å². The smallest absolute Gasteiger partial charge is 0.251 e. The number of nitrogens with zero attached hydrogens (tertiary/aromatic N) is 2. The van der Waals surface area contributed by atoms with Crippen molar-refractivity contribution in [3.63, 3.8) is 0 Å². The van der Waals surface area contributed by atoms with E-state index in [9.17, 15) is 4.79 Å². The summed E-state index contributed by atoms with van der Waals surface area (Å²) in [6.45, 7) is 4.95. The lowest BCUT2D eigenvalue weighted by atomic mass is 10.0. The van der Waals surface area contributed by atoms with Gasteiger partial charge in [-0.05, 0) is 48.6 Å². The molecule has 0 atom stereocenters. The van der Waals surface area contributed by atoms with Gasteiger partial charge in [-0.3, -0.25) is 14.8 Å². The maximum Gasteiger partial charge on any atom is 0.251 e. The van der Waals surface area contributed by atoms with Crippen LogP contribution in [0.2, 0.25) is 0 Å². The van der Waals surface area contributed by atoms with Crippen molar-refractivity contribution in [2.45, 2.75) is 19.3 Å². The van der Waals surface area contributed by atoms with Crippen molar-refractivity contribution in [1.29, 1.82) is 0 Å². The van der Waals surface area contributed by atoms with Crippen molar-refractivity contribution in [1.82, 2.24) is 25.4 Å². The fourth-order valence-electron chi connectivity index (χ4n) is 4.29. The summed E-state index contributed by atoms with van der Waals surface area (Å²) < 4.78 is 5.36. The van der Waals surface area contributed by atoms with Crippen LogP contribution in [0.15, 0.2) is 24.4 Å². The molecule has 8 heteroatoms. The number of benzene rings is 1. The Hall–Kier alpha value is -2.35. The summed E-state index contributed by atoms with van der Waals surface area (Å²) in [6.07, 6.45) is 5.03. The number of amides is 1. The minimum Gasteiger partial charge on any atom is -0.379 e. The lowest BCUT2D eigenvalue weighted by Gasteiger charge is -2.26. The van der Waals surface area contributed by atoms with Crippen LogP contribution in [0, 0.1) is 0 Å².